The standard InChI is InChI=1S/C26H31F2N3O5/c1-33-25-13-20(3-6-24(25)35-11-2-8-30-9-7-29-19-30)15-31-10-12-34-17-26(32,16-31)18-36-21-4-5-22(27)23(28)14-21/h3-7,9,13-14,19,32H,2,8,10-12,15-18H2,1H3/t26-/m0/s1. The van der Waals surface area contributed by atoms with Crippen LogP contribution in [0.1, 0.15) is 12.0 Å². The van der Waals surface area contributed by atoms with Crippen LogP contribution in [0.3, 0.4) is 0 Å². The second-order valence-corrected chi connectivity index (χ2v) is 8.84. The number of hydrogen-bond acceptors (Lipinski definition) is 7. The van der Waals surface area contributed by atoms with Gasteiger partial charge in [-0.3, -0.25) is 4.90 Å². The highest BCUT2D eigenvalue weighted by atomic mass is 19.2. The van der Waals surface area contributed by atoms with Crippen molar-refractivity contribution in [2.24, 2.45) is 0 Å². The number of ether oxygens (including phenoxy) is 4. The zero-order valence-corrected chi connectivity index (χ0v) is 20.2. The molecular weight excluding hydrogens is 472 g/mol. The molecule has 0 aliphatic carbocycles. The lowest BCUT2D eigenvalue weighted by molar-refractivity contribution is -0.0647. The fraction of sp³-hybridized carbons (Fsp3) is 0.423. The van der Waals surface area contributed by atoms with E-state index in [4.69, 9.17) is 18.9 Å². The highest BCUT2D eigenvalue weighted by Gasteiger charge is 2.33. The van der Waals surface area contributed by atoms with Crippen LogP contribution in [0.2, 0.25) is 0 Å². The number of aliphatic hydroxyl groups is 1. The third-order valence-corrected chi connectivity index (χ3v) is 5.85. The lowest BCUT2D eigenvalue weighted by Gasteiger charge is -2.30. The fourth-order valence-electron chi connectivity index (χ4n) is 4.04. The molecular formula is C26H31F2N3O5. The first-order chi connectivity index (χ1) is 17.4. The van der Waals surface area contributed by atoms with E-state index < -0.39 is 17.2 Å². The maximum absolute atomic E-state index is 13.5. The van der Waals surface area contributed by atoms with Gasteiger partial charge in [0.15, 0.2) is 23.1 Å². The smallest absolute Gasteiger partial charge is 0.162 e. The Labute approximate surface area is 209 Å². The summed E-state index contributed by atoms with van der Waals surface area (Å²) in [5, 5.41) is 11.1. The van der Waals surface area contributed by atoms with Gasteiger partial charge in [-0.1, -0.05) is 6.07 Å². The summed E-state index contributed by atoms with van der Waals surface area (Å²) in [6.07, 6.45) is 6.28. The van der Waals surface area contributed by atoms with Crippen LogP contribution in [0.4, 0.5) is 8.78 Å². The molecule has 1 atom stereocenters. The number of aromatic nitrogens is 2. The summed E-state index contributed by atoms with van der Waals surface area (Å²) in [6.45, 7) is 3.21. The number of rotatable bonds is 11. The first-order valence-corrected chi connectivity index (χ1v) is 11.8. The van der Waals surface area contributed by atoms with Crippen LogP contribution in [0.15, 0.2) is 55.1 Å². The van der Waals surface area contributed by atoms with E-state index in [0.717, 1.165) is 30.7 Å². The van der Waals surface area contributed by atoms with Gasteiger partial charge >= 0.3 is 0 Å². The van der Waals surface area contributed by atoms with Gasteiger partial charge in [-0.05, 0) is 36.2 Å². The average Bonchev–Trinajstić information content (AvgIpc) is 3.32. The predicted molar refractivity (Wildman–Crippen MR) is 128 cm³/mol. The van der Waals surface area contributed by atoms with Gasteiger partial charge in [-0.2, -0.15) is 0 Å². The topological polar surface area (TPSA) is 78.2 Å². The molecule has 10 heteroatoms. The number of nitrogens with zero attached hydrogens (tertiary/aromatic N) is 3. The van der Waals surface area contributed by atoms with Gasteiger partial charge in [0.05, 0.1) is 33.3 Å². The molecule has 1 saturated heterocycles. The average molecular weight is 504 g/mol. The van der Waals surface area contributed by atoms with Crippen molar-refractivity contribution >= 4 is 0 Å². The Kier molecular flexibility index (Phi) is 8.74. The van der Waals surface area contributed by atoms with Gasteiger partial charge in [0, 0.05) is 44.6 Å². The van der Waals surface area contributed by atoms with Crippen LogP contribution in [0.25, 0.3) is 0 Å². The molecule has 0 radical (unpaired) electrons. The van der Waals surface area contributed by atoms with Crippen LogP contribution < -0.4 is 14.2 Å². The molecule has 8 nitrogen and oxygen atoms in total. The van der Waals surface area contributed by atoms with Gasteiger partial charge in [-0.15, -0.1) is 0 Å². The molecule has 0 amide bonds. The van der Waals surface area contributed by atoms with Crippen LogP contribution >= 0.6 is 0 Å². The molecule has 4 rings (SSSR count). The van der Waals surface area contributed by atoms with Gasteiger partial charge < -0.3 is 28.6 Å². The first kappa shape index (κ1) is 25.9. The minimum absolute atomic E-state index is 0.0718. The summed E-state index contributed by atoms with van der Waals surface area (Å²) in [6, 6.07) is 9.06. The Bertz CT molecular complexity index is 1110. The van der Waals surface area contributed by atoms with E-state index in [0.29, 0.717) is 37.8 Å². The number of halogens is 2. The molecule has 194 valence electrons. The van der Waals surface area contributed by atoms with E-state index in [1.54, 1.807) is 19.6 Å². The Balaban J connectivity index is 1.32. The monoisotopic (exact) mass is 503 g/mol. The van der Waals surface area contributed by atoms with E-state index in [1.807, 2.05) is 29.0 Å². The Morgan fingerprint density at radius 2 is 2.00 bits per heavy atom. The number of benzene rings is 2. The summed E-state index contributed by atoms with van der Waals surface area (Å²) < 4.78 is 51.2. The third kappa shape index (κ3) is 7.16. The van der Waals surface area contributed by atoms with Gasteiger partial charge in [0.25, 0.3) is 0 Å². The van der Waals surface area contributed by atoms with Crippen molar-refractivity contribution in [2.45, 2.75) is 25.1 Å². The Morgan fingerprint density at radius 3 is 2.78 bits per heavy atom. The van der Waals surface area contributed by atoms with Crippen LogP contribution in [0.5, 0.6) is 17.2 Å². The SMILES string of the molecule is COc1cc(CN2CCOC[C@](O)(COc3ccc(F)c(F)c3)C2)ccc1OCCCn1ccnc1. The number of aryl methyl sites for hydroxylation is 1. The molecule has 0 spiro atoms. The normalized spacial score (nSPS) is 18.6. The number of hydrogen-bond donors (Lipinski definition) is 1. The first-order valence-electron chi connectivity index (χ1n) is 11.8. The van der Waals surface area contributed by atoms with Gasteiger partial charge in [0.2, 0.25) is 0 Å². The largest absolute Gasteiger partial charge is 0.493 e. The van der Waals surface area contributed by atoms with Crippen molar-refractivity contribution < 1.29 is 32.8 Å². The summed E-state index contributed by atoms with van der Waals surface area (Å²) in [7, 11) is 1.60. The number of β-amino-alcohol motifs (C(OH)–C–C–N with tert-alkyl or cyclic N) is 1. The maximum atomic E-state index is 13.5. The molecule has 1 N–H and O–H groups in total. The van der Waals surface area contributed by atoms with Crippen molar-refractivity contribution in [3.8, 4) is 17.2 Å². The van der Waals surface area contributed by atoms with E-state index in [2.05, 4.69) is 9.88 Å². The highest BCUT2D eigenvalue weighted by Crippen LogP contribution is 2.29. The third-order valence-electron chi connectivity index (χ3n) is 5.85. The van der Waals surface area contributed by atoms with Crippen molar-refractivity contribution in [3.63, 3.8) is 0 Å². The molecule has 0 unspecified atom stereocenters. The summed E-state index contributed by atoms with van der Waals surface area (Å²) >= 11 is 0. The van der Waals surface area contributed by atoms with Crippen molar-refractivity contribution in [1.29, 1.82) is 0 Å². The second-order valence-electron chi connectivity index (χ2n) is 8.84. The molecule has 0 saturated carbocycles. The minimum Gasteiger partial charge on any atom is -0.493 e. The molecule has 1 fully saturated rings. The molecule has 2 heterocycles. The molecule has 3 aromatic rings. The zero-order chi connectivity index (χ0) is 25.4. The van der Waals surface area contributed by atoms with Crippen molar-refractivity contribution in [3.05, 3.63) is 72.3 Å². The Morgan fingerprint density at radius 1 is 1.11 bits per heavy atom. The van der Waals surface area contributed by atoms with E-state index in [-0.39, 0.29) is 25.5 Å². The predicted octanol–water partition coefficient (Wildman–Crippen LogP) is 3.28. The lowest BCUT2D eigenvalue weighted by Crippen LogP contribution is -2.48. The molecule has 2 aromatic carbocycles. The molecule has 1 aromatic heterocycles. The quantitative estimate of drug-likeness (QED) is 0.403. The molecule has 36 heavy (non-hydrogen) atoms. The molecule has 0 bridgehead atoms. The molecule has 1 aliphatic heterocycles. The maximum Gasteiger partial charge on any atom is 0.162 e. The van der Waals surface area contributed by atoms with Crippen molar-refractivity contribution in [2.75, 3.05) is 46.6 Å². The molecule has 1 aliphatic rings. The van der Waals surface area contributed by atoms with Crippen LogP contribution in [-0.2, 0) is 17.8 Å². The summed E-state index contributed by atoms with van der Waals surface area (Å²) in [4.78, 5) is 6.09. The van der Waals surface area contributed by atoms with Crippen molar-refractivity contribution in [1.82, 2.24) is 14.5 Å². The minimum atomic E-state index is -1.32. The lowest BCUT2D eigenvalue weighted by atomic mass is 10.1. The summed E-state index contributed by atoms with van der Waals surface area (Å²) in [5.74, 6) is -0.506. The van der Waals surface area contributed by atoms with E-state index >= 15 is 0 Å². The highest BCUT2D eigenvalue weighted by molar-refractivity contribution is 5.43. The fourth-order valence-corrected chi connectivity index (χ4v) is 4.04. The van der Waals surface area contributed by atoms with Gasteiger partial charge in [-0.25, -0.2) is 13.8 Å². The Hall–Kier alpha value is -3.21. The van der Waals surface area contributed by atoms with Crippen LogP contribution in [0, 0.1) is 11.6 Å². The summed E-state index contributed by atoms with van der Waals surface area (Å²) in [5.41, 5.74) is -0.326. The second kappa shape index (κ2) is 12.2. The zero-order valence-electron chi connectivity index (χ0n) is 20.2. The number of methoxy groups -OCH3 is 1. The van der Waals surface area contributed by atoms with E-state index in [9.17, 15) is 13.9 Å². The van der Waals surface area contributed by atoms with Gasteiger partial charge in [0.1, 0.15) is 18.0 Å². The van der Waals surface area contributed by atoms with E-state index in [1.165, 1.54) is 6.07 Å². The number of imidazole rings is 1. The van der Waals surface area contributed by atoms with Crippen LogP contribution in [-0.4, -0.2) is 71.8 Å².